The molecule has 5 aromatic rings. The van der Waals surface area contributed by atoms with E-state index < -0.39 is 11.4 Å². The highest BCUT2D eigenvalue weighted by molar-refractivity contribution is 7.22. The van der Waals surface area contributed by atoms with E-state index in [4.69, 9.17) is 18.9 Å². The van der Waals surface area contributed by atoms with E-state index in [0.29, 0.717) is 54.5 Å². The first-order chi connectivity index (χ1) is 23.4. The van der Waals surface area contributed by atoms with E-state index in [2.05, 4.69) is 4.90 Å². The number of aromatic nitrogens is 1. The van der Waals surface area contributed by atoms with E-state index in [1.807, 2.05) is 83.4 Å². The molecule has 48 heavy (non-hydrogen) atoms. The Bertz CT molecular complexity index is 1920. The van der Waals surface area contributed by atoms with Gasteiger partial charge in [-0.05, 0) is 60.9 Å². The normalized spacial score (nSPS) is 11.1. The van der Waals surface area contributed by atoms with Gasteiger partial charge in [0.25, 0.3) is 0 Å². The number of methoxy groups -OCH3 is 2. The molecular weight excluding hydrogens is 628 g/mol. The Morgan fingerprint density at radius 3 is 2.23 bits per heavy atom. The molecule has 0 amide bonds. The molecule has 0 unspecified atom stereocenters. The maximum absolute atomic E-state index is 14.4. The van der Waals surface area contributed by atoms with E-state index in [1.165, 1.54) is 11.3 Å². The van der Waals surface area contributed by atoms with Gasteiger partial charge in [-0.15, -0.1) is 11.3 Å². The Morgan fingerprint density at radius 1 is 0.833 bits per heavy atom. The fraction of sp³-hybridized carbons (Fsp3) is 0.289. The van der Waals surface area contributed by atoms with Crippen LogP contribution in [0, 0.1) is 0 Å². The van der Waals surface area contributed by atoms with E-state index in [1.54, 1.807) is 34.3 Å². The summed E-state index contributed by atoms with van der Waals surface area (Å²) in [5.41, 5.74) is 3.19. The molecule has 0 aliphatic carbocycles. The number of para-hydroxylation sites is 1. The second kappa shape index (κ2) is 16.3. The van der Waals surface area contributed by atoms with Crippen molar-refractivity contribution < 1.29 is 28.5 Å². The molecule has 9 nitrogen and oxygen atoms in total. The van der Waals surface area contributed by atoms with E-state index in [9.17, 15) is 14.4 Å². The number of carbonyl (C=O) groups excluding carboxylic acids is 2. The first-order valence-electron chi connectivity index (χ1n) is 15.9. The lowest BCUT2D eigenvalue weighted by molar-refractivity contribution is -0.143. The molecule has 0 radical (unpaired) electrons. The zero-order valence-electron chi connectivity index (χ0n) is 27.7. The summed E-state index contributed by atoms with van der Waals surface area (Å²) in [6.07, 6.45) is 1.78. The van der Waals surface area contributed by atoms with Crippen molar-refractivity contribution in [3.05, 3.63) is 118 Å². The topological polar surface area (TPSA) is 96.3 Å². The number of nitrogens with zero attached hydrogens (tertiary/aromatic N) is 2. The van der Waals surface area contributed by atoms with Crippen LogP contribution in [0.5, 0.6) is 11.5 Å². The Hall–Kier alpha value is -4.93. The van der Waals surface area contributed by atoms with Crippen molar-refractivity contribution >= 4 is 33.5 Å². The van der Waals surface area contributed by atoms with Crippen LogP contribution in [-0.4, -0.2) is 55.4 Å². The van der Waals surface area contributed by atoms with E-state index >= 15 is 0 Å². The van der Waals surface area contributed by atoms with Gasteiger partial charge in [-0.1, -0.05) is 48.5 Å². The molecule has 0 spiro atoms. The molecule has 5 rings (SSSR count). The number of hydrogen-bond donors (Lipinski definition) is 0. The summed E-state index contributed by atoms with van der Waals surface area (Å²) in [4.78, 5) is 43.9. The molecule has 0 fully saturated rings. The molecule has 0 aliphatic heterocycles. The molecule has 2 heterocycles. The van der Waals surface area contributed by atoms with Crippen molar-refractivity contribution in [1.29, 1.82) is 0 Å². The fourth-order valence-electron chi connectivity index (χ4n) is 5.67. The Morgan fingerprint density at radius 2 is 1.54 bits per heavy atom. The van der Waals surface area contributed by atoms with Gasteiger partial charge in [0.05, 0.1) is 45.8 Å². The van der Waals surface area contributed by atoms with Crippen LogP contribution in [0.2, 0.25) is 0 Å². The maximum Gasteiger partial charge on any atom is 0.343 e. The van der Waals surface area contributed by atoms with Gasteiger partial charge in [0.15, 0.2) is 0 Å². The van der Waals surface area contributed by atoms with Crippen molar-refractivity contribution in [3.63, 3.8) is 0 Å². The van der Waals surface area contributed by atoms with Crippen molar-refractivity contribution in [2.75, 3.05) is 34.0 Å². The molecule has 0 N–H and O–H groups in total. The Balaban J connectivity index is 1.73. The Labute approximate surface area is 284 Å². The SMILES string of the molecule is CCOC(=O)CCN(Cc1ccccc1)Cc1c(-c2ccc(OC)cc2)sc2c1c(=O)c(C(=O)OCC)cn2Cc1ccccc1OC. The van der Waals surface area contributed by atoms with Gasteiger partial charge in [-0.25, -0.2) is 4.79 Å². The molecule has 0 saturated heterocycles. The number of rotatable bonds is 15. The van der Waals surface area contributed by atoms with Crippen molar-refractivity contribution in [2.24, 2.45) is 0 Å². The predicted octanol–water partition coefficient (Wildman–Crippen LogP) is 6.93. The monoisotopic (exact) mass is 668 g/mol. The number of ether oxygens (including phenoxy) is 4. The second-order valence-corrected chi connectivity index (χ2v) is 12.1. The van der Waals surface area contributed by atoms with Gasteiger partial charge >= 0.3 is 11.9 Å². The first-order valence-corrected chi connectivity index (χ1v) is 16.7. The second-order valence-electron chi connectivity index (χ2n) is 11.1. The predicted molar refractivity (Wildman–Crippen MR) is 188 cm³/mol. The van der Waals surface area contributed by atoms with Gasteiger partial charge in [0, 0.05) is 36.3 Å². The van der Waals surface area contributed by atoms with E-state index in [-0.39, 0.29) is 24.6 Å². The molecule has 10 heteroatoms. The highest BCUT2D eigenvalue weighted by Crippen LogP contribution is 2.40. The van der Waals surface area contributed by atoms with Gasteiger partial charge in [0.2, 0.25) is 5.43 Å². The lowest BCUT2D eigenvalue weighted by Gasteiger charge is -2.23. The largest absolute Gasteiger partial charge is 0.497 e. The lowest BCUT2D eigenvalue weighted by Crippen LogP contribution is -2.27. The van der Waals surface area contributed by atoms with Gasteiger partial charge in [-0.3, -0.25) is 14.5 Å². The standard InChI is InChI=1S/C38H40N2O7S/c1-5-46-33(41)20-21-39(22-26-12-8-7-9-13-26)24-30-34-35(42)31(38(43)47-6-2)25-40(23-28-14-10-11-15-32(28)45-4)37(34)48-36(30)27-16-18-29(44-3)19-17-27/h7-19,25H,5-6,20-24H2,1-4H3. The zero-order chi connectivity index (χ0) is 34.0. The van der Waals surface area contributed by atoms with Crippen LogP contribution in [0.25, 0.3) is 20.7 Å². The third-order valence-corrected chi connectivity index (χ3v) is 9.27. The summed E-state index contributed by atoms with van der Waals surface area (Å²) in [5.74, 6) is 0.443. The molecule has 0 saturated carbocycles. The van der Waals surface area contributed by atoms with Gasteiger partial charge < -0.3 is 23.5 Å². The van der Waals surface area contributed by atoms with Gasteiger partial charge in [0.1, 0.15) is 21.9 Å². The average Bonchev–Trinajstić information content (AvgIpc) is 3.49. The minimum atomic E-state index is -0.676. The van der Waals surface area contributed by atoms with Crippen molar-refractivity contribution in [3.8, 4) is 21.9 Å². The quantitative estimate of drug-likeness (QED) is 0.111. The maximum atomic E-state index is 14.4. The van der Waals surface area contributed by atoms with Crippen LogP contribution >= 0.6 is 11.3 Å². The van der Waals surface area contributed by atoms with Crippen LogP contribution in [0.1, 0.15) is 47.3 Å². The summed E-state index contributed by atoms with van der Waals surface area (Å²) in [7, 11) is 3.23. The van der Waals surface area contributed by atoms with Gasteiger partial charge in [-0.2, -0.15) is 0 Å². The summed E-state index contributed by atoms with van der Waals surface area (Å²) in [6.45, 7) is 5.57. The summed E-state index contributed by atoms with van der Waals surface area (Å²) in [5, 5.41) is 0.445. The minimum absolute atomic E-state index is 0.0410. The molecule has 3 aromatic carbocycles. The molecule has 0 aliphatic rings. The number of thiophene rings is 1. The molecule has 0 bridgehead atoms. The van der Waals surface area contributed by atoms with Crippen molar-refractivity contribution in [2.45, 2.75) is 39.9 Å². The summed E-state index contributed by atoms with van der Waals surface area (Å²) < 4.78 is 23.6. The number of benzene rings is 3. The molecule has 0 atom stereocenters. The summed E-state index contributed by atoms with van der Waals surface area (Å²) >= 11 is 1.49. The highest BCUT2D eigenvalue weighted by atomic mass is 32.1. The third kappa shape index (κ3) is 7.95. The van der Waals surface area contributed by atoms with Crippen LogP contribution < -0.4 is 14.9 Å². The molecule has 250 valence electrons. The van der Waals surface area contributed by atoms with Crippen LogP contribution in [-0.2, 0) is 33.9 Å². The van der Waals surface area contributed by atoms with Crippen LogP contribution in [0.15, 0.2) is 89.9 Å². The fourth-order valence-corrected chi connectivity index (χ4v) is 6.96. The summed E-state index contributed by atoms with van der Waals surface area (Å²) in [6, 6.07) is 25.4. The van der Waals surface area contributed by atoms with Crippen LogP contribution in [0.3, 0.4) is 0 Å². The lowest BCUT2D eigenvalue weighted by atomic mass is 10.0. The minimum Gasteiger partial charge on any atom is -0.497 e. The number of carbonyl (C=O) groups is 2. The van der Waals surface area contributed by atoms with E-state index in [0.717, 1.165) is 27.1 Å². The number of fused-ring (bicyclic) bond motifs is 1. The third-order valence-electron chi connectivity index (χ3n) is 7.95. The number of hydrogen-bond acceptors (Lipinski definition) is 9. The molecular formula is C38H40N2O7S. The zero-order valence-corrected chi connectivity index (χ0v) is 28.5. The molecule has 2 aromatic heterocycles. The number of esters is 2. The smallest absolute Gasteiger partial charge is 0.343 e. The van der Waals surface area contributed by atoms with Crippen LogP contribution in [0.4, 0.5) is 0 Å². The average molecular weight is 669 g/mol. The number of pyridine rings is 1. The first kappa shape index (κ1) is 34.4. The highest BCUT2D eigenvalue weighted by Gasteiger charge is 2.26. The Kier molecular flexibility index (Phi) is 11.7. The van der Waals surface area contributed by atoms with Crippen molar-refractivity contribution in [1.82, 2.24) is 9.47 Å².